The summed E-state index contributed by atoms with van der Waals surface area (Å²) < 4.78 is 5.08. The zero-order valence-corrected chi connectivity index (χ0v) is 10.7. The van der Waals surface area contributed by atoms with Gasteiger partial charge in [0.1, 0.15) is 5.75 Å². The fourth-order valence-corrected chi connectivity index (χ4v) is 1.49. The van der Waals surface area contributed by atoms with Crippen LogP contribution in [-0.2, 0) is 0 Å². The monoisotopic (exact) mass is 238 g/mol. The standard InChI is InChI=1S/C12H18N2OS/c1-4-9(2)13-12(16)14-10-5-7-11(15-3)8-6-10/h5-9H,4H2,1-3H3,(H2,13,14,16). The van der Waals surface area contributed by atoms with E-state index in [1.165, 1.54) is 0 Å². The van der Waals surface area contributed by atoms with Crippen LogP contribution in [0.2, 0.25) is 0 Å². The largest absolute Gasteiger partial charge is 0.497 e. The molecule has 1 rings (SSSR count). The Bertz CT molecular complexity index is 337. The van der Waals surface area contributed by atoms with Crippen molar-refractivity contribution >= 4 is 23.0 Å². The van der Waals surface area contributed by atoms with Crippen LogP contribution in [0.3, 0.4) is 0 Å². The van der Waals surface area contributed by atoms with E-state index in [9.17, 15) is 0 Å². The number of hydrogen-bond acceptors (Lipinski definition) is 2. The molecule has 0 amide bonds. The molecule has 0 aromatic heterocycles. The molecule has 0 spiro atoms. The van der Waals surface area contributed by atoms with Gasteiger partial charge in [-0.15, -0.1) is 0 Å². The molecule has 0 heterocycles. The second-order valence-electron chi connectivity index (χ2n) is 3.64. The lowest BCUT2D eigenvalue weighted by Crippen LogP contribution is -2.35. The normalized spacial score (nSPS) is 11.7. The van der Waals surface area contributed by atoms with E-state index < -0.39 is 0 Å². The molecule has 88 valence electrons. The maximum Gasteiger partial charge on any atom is 0.170 e. The summed E-state index contributed by atoms with van der Waals surface area (Å²) in [6.07, 6.45) is 1.05. The lowest BCUT2D eigenvalue weighted by molar-refractivity contribution is 0.415. The third kappa shape index (κ3) is 4.06. The fourth-order valence-electron chi connectivity index (χ4n) is 1.17. The molecule has 0 aliphatic carbocycles. The molecule has 16 heavy (non-hydrogen) atoms. The zero-order valence-electron chi connectivity index (χ0n) is 9.91. The van der Waals surface area contributed by atoms with Gasteiger partial charge in [-0.25, -0.2) is 0 Å². The molecule has 0 saturated heterocycles. The Morgan fingerprint density at radius 1 is 1.38 bits per heavy atom. The molecule has 1 unspecified atom stereocenters. The molecule has 1 aromatic rings. The van der Waals surface area contributed by atoms with E-state index >= 15 is 0 Å². The molecular weight excluding hydrogens is 220 g/mol. The van der Waals surface area contributed by atoms with Crippen molar-refractivity contribution in [1.29, 1.82) is 0 Å². The lowest BCUT2D eigenvalue weighted by Gasteiger charge is -2.15. The van der Waals surface area contributed by atoms with Gasteiger partial charge in [-0.05, 0) is 49.8 Å². The van der Waals surface area contributed by atoms with E-state index in [0.29, 0.717) is 11.2 Å². The van der Waals surface area contributed by atoms with Crippen LogP contribution in [0.25, 0.3) is 0 Å². The van der Waals surface area contributed by atoms with E-state index in [2.05, 4.69) is 24.5 Å². The van der Waals surface area contributed by atoms with Crippen LogP contribution in [0.4, 0.5) is 5.69 Å². The quantitative estimate of drug-likeness (QED) is 0.790. The van der Waals surface area contributed by atoms with Gasteiger partial charge in [0.15, 0.2) is 5.11 Å². The third-order valence-electron chi connectivity index (χ3n) is 2.34. The summed E-state index contributed by atoms with van der Waals surface area (Å²) in [5.74, 6) is 0.839. The summed E-state index contributed by atoms with van der Waals surface area (Å²) in [6, 6.07) is 8.05. The SMILES string of the molecule is CCC(C)NC(=S)Nc1ccc(OC)cc1. The van der Waals surface area contributed by atoms with Gasteiger partial charge in [0, 0.05) is 11.7 Å². The van der Waals surface area contributed by atoms with Crippen molar-refractivity contribution < 1.29 is 4.74 Å². The van der Waals surface area contributed by atoms with Crippen molar-refractivity contribution in [2.45, 2.75) is 26.3 Å². The minimum Gasteiger partial charge on any atom is -0.497 e. The molecule has 1 atom stereocenters. The number of nitrogens with one attached hydrogen (secondary N) is 2. The lowest BCUT2D eigenvalue weighted by atomic mass is 10.3. The molecule has 1 aromatic carbocycles. The maximum absolute atomic E-state index is 5.19. The van der Waals surface area contributed by atoms with Gasteiger partial charge in [-0.3, -0.25) is 0 Å². The van der Waals surface area contributed by atoms with Gasteiger partial charge >= 0.3 is 0 Å². The minimum absolute atomic E-state index is 0.387. The van der Waals surface area contributed by atoms with Crippen molar-refractivity contribution in [3.63, 3.8) is 0 Å². The summed E-state index contributed by atoms with van der Waals surface area (Å²) in [5, 5.41) is 6.97. The van der Waals surface area contributed by atoms with E-state index in [1.54, 1.807) is 7.11 Å². The van der Waals surface area contributed by atoms with Crippen molar-refractivity contribution in [1.82, 2.24) is 5.32 Å². The second kappa shape index (κ2) is 6.33. The van der Waals surface area contributed by atoms with Crippen LogP contribution in [0.15, 0.2) is 24.3 Å². The predicted molar refractivity (Wildman–Crippen MR) is 72.1 cm³/mol. The highest BCUT2D eigenvalue weighted by Crippen LogP contribution is 2.14. The molecule has 2 N–H and O–H groups in total. The topological polar surface area (TPSA) is 33.3 Å². The zero-order chi connectivity index (χ0) is 12.0. The Morgan fingerprint density at radius 3 is 2.50 bits per heavy atom. The first-order valence-electron chi connectivity index (χ1n) is 5.37. The predicted octanol–water partition coefficient (Wildman–Crippen LogP) is 2.78. The number of anilines is 1. The third-order valence-corrected chi connectivity index (χ3v) is 2.56. The molecule has 0 bridgehead atoms. The van der Waals surface area contributed by atoms with E-state index in [-0.39, 0.29) is 0 Å². The Kier molecular flexibility index (Phi) is 5.05. The molecule has 3 nitrogen and oxygen atoms in total. The van der Waals surface area contributed by atoms with E-state index in [1.807, 2.05) is 24.3 Å². The molecule has 0 aliphatic heterocycles. The van der Waals surface area contributed by atoms with Crippen molar-refractivity contribution in [3.05, 3.63) is 24.3 Å². The van der Waals surface area contributed by atoms with E-state index in [0.717, 1.165) is 17.9 Å². The maximum atomic E-state index is 5.19. The van der Waals surface area contributed by atoms with Gasteiger partial charge in [-0.1, -0.05) is 6.92 Å². The van der Waals surface area contributed by atoms with E-state index in [4.69, 9.17) is 17.0 Å². The van der Waals surface area contributed by atoms with Gasteiger partial charge in [-0.2, -0.15) is 0 Å². The molecule has 4 heteroatoms. The highest BCUT2D eigenvalue weighted by atomic mass is 32.1. The van der Waals surface area contributed by atoms with Gasteiger partial charge in [0.05, 0.1) is 7.11 Å². The highest BCUT2D eigenvalue weighted by Gasteiger charge is 2.01. The van der Waals surface area contributed by atoms with Crippen LogP contribution in [0.5, 0.6) is 5.75 Å². The Labute approximate surface area is 102 Å². The van der Waals surface area contributed by atoms with Gasteiger partial charge < -0.3 is 15.4 Å². The summed E-state index contributed by atoms with van der Waals surface area (Å²) >= 11 is 5.19. The molecule has 0 saturated carbocycles. The minimum atomic E-state index is 0.387. The van der Waals surface area contributed by atoms with Crippen LogP contribution in [-0.4, -0.2) is 18.3 Å². The van der Waals surface area contributed by atoms with Crippen LogP contribution in [0, 0.1) is 0 Å². The molecular formula is C12H18N2OS. The number of rotatable bonds is 4. The number of ether oxygens (including phenoxy) is 1. The Hall–Kier alpha value is -1.29. The first-order chi connectivity index (χ1) is 7.65. The van der Waals surface area contributed by atoms with Crippen LogP contribution in [0.1, 0.15) is 20.3 Å². The first-order valence-corrected chi connectivity index (χ1v) is 5.78. The summed E-state index contributed by atoms with van der Waals surface area (Å²) in [7, 11) is 1.65. The van der Waals surface area contributed by atoms with Gasteiger partial charge in [0.2, 0.25) is 0 Å². The van der Waals surface area contributed by atoms with Crippen LogP contribution < -0.4 is 15.4 Å². The number of thiocarbonyl (C=S) groups is 1. The summed E-state index contributed by atoms with van der Waals surface area (Å²) in [6.45, 7) is 4.22. The van der Waals surface area contributed by atoms with Crippen molar-refractivity contribution in [2.24, 2.45) is 0 Å². The van der Waals surface area contributed by atoms with Crippen molar-refractivity contribution in [2.75, 3.05) is 12.4 Å². The number of benzene rings is 1. The molecule has 0 fully saturated rings. The summed E-state index contributed by atoms with van der Waals surface area (Å²) in [4.78, 5) is 0. The summed E-state index contributed by atoms with van der Waals surface area (Å²) in [5.41, 5.74) is 0.960. The Balaban J connectivity index is 2.49. The van der Waals surface area contributed by atoms with Gasteiger partial charge in [0.25, 0.3) is 0 Å². The smallest absolute Gasteiger partial charge is 0.170 e. The second-order valence-corrected chi connectivity index (χ2v) is 4.04. The highest BCUT2D eigenvalue weighted by molar-refractivity contribution is 7.80. The average molecular weight is 238 g/mol. The fraction of sp³-hybridized carbons (Fsp3) is 0.417. The number of methoxy groups -OCH3 is 1. The van der Waals surface area contributed by atoms with Crippen LogP contribution >= 0.6 is 12.2 Å². The Morgan fingerprint density at radius 2 is 2.00 bits per heavy atom. The molecule has 0 aliphatic rings. The average Bonchev–Trinajstić information content (AvgIpc) is 2.29. The number of hydrogen-bond donors (Lipinski definition) is 2. The van der Waals surface area contributed by atoms with Crippen molar-refractivity contribution in [3.8, 4) is 5.75 Å². The molecule has 0 radical (unpaired) electrons. The first kappa shape index (κ1) is 12.8.